The van der Waals surface area contributed by atoms with Crippen molar-refractivity contribution in [3.8, 4) is 0 Å². The van der Waals surface area contributed by atoms with E-state index in [9.17, 15) is 13.9 Å². The van der Waals surface area contributed by atoms with Crippen molar-refractivity contribution in [2.75, 3.05) is 26.3 Å². The minimum absolute atomic E-state index is 0.0371. The van der Waals surface area contributed by atoms with E-state index in [1.54, 1.807) is 83.1 Å². The van der Waals surface area contributed by atoms with Crippen molar-refractivity contribution in [1.82, 2.24) is 4.90 Å². The second-order valence-corrected chi connectivity index (χ2v) is 16.4. The fraction of sp³-hybridized carbons (Fsp3) is 0.750. The van der Waals surface area contributed by atoms with E-state index in [0.717, 1.165) is 5.56 Å². The number of rotatable bonds is 14. The molecule has 0 unspecified atom stereocenters. The van der Waals surface area contributed by atoms with Gasteiger partial charge in [-0.3, -0.25) is 27.1 Å². The Labute approximate surface area is 246 Å². The number of phosphoric ester groups is 2. The zero-order valence-electron chi connectivity index (χ0n) is 26.8. The van der Waals surface area contributed by atoms with Crippen molar-refractivity contribution in [3.05, 3.63) is 35.9 Å². The van der Waals surface area contributed by atoms with Gasteiger partial charge in [0.05, 0.1) is 35.6 Å². The minimum Gasteiger partial charge on any atom is -0.445 e. The van der Waals surface area contributed by atoms with E-state index in [4.69, 9.17) is 31.9 Å². The molecular formula is C28H51NO10P2. The highest BCUT2D eigenvalue weighted by atomic mass is 31.2. The van der Waals surface area contributed by atoms with Crippen LogP contribution in [-0.4, -0.2) is 59.7 Å². The standard InChI is InChI=1S/C28H51NO10P2/c1-25(2,3)36-40(31,37-26(4,5)6)34-20-18-29(24(30)33-22-23-16-14-13-15-17-23)19-21-35-41(32,38-27(7,8)9)39-28(10,11)12/h13-17H,18-22H2,1-12H3. The molecule has 1 amide bonds. The first kappa shape index (κ1) is 37.7. The van der Waals surface area contributed by atoms with Gasteiger partial charge >= 0.3 is 21.7 Å². The zero-order valence-corrected chi connectivity index (χ0v) is 28.6. The molecule has 13 heteroatoms. The summed E-state index contributed by atoms with van der Waals surface area (Å²) >= 11 is 0. The predicted octanol–water partition coefficient (Wildman–Crippen LogP) is 8.14. The van der Waals surface area contributed by atoms with Gasteiger partial charge in [-0.2, -0.15) is 0 Å². The van der Waals surface area contributed by atoms with Crippen LogP contribution in [-0.2, 0) is 47.6 Å². The Balaban J connectivity index is 3.04. The van der Waals surface area contributed by atoms with Crippen LogP contribution in [0.2, 0.25) is 0 Å². The maximum atomic E-state index is 13.4. The minimum atomic E-state index is -4.01. The summed E-state index contributed by atoms with van der Waals surface area (Å²) in [6.45, 7) is 20.3. The molecule has 1 aromatic rings. The van der Waals surface area contributed by atoms with Gasteiger partial charge in [0.25, 0.3) is 0 Å². The predicted molar refractivity (Wildman–Crippen MR) is 159 cm³/mol. The van der Waals surface area contributed by atoms with Crippen LogP contribution < -0.4 is 0 Å². The maximum Gasteiger partial charge on any atom is 0.475 e. The molecule has 0 bridgehead atoms. The van der Waals surface area contributed by atoms with Crippen LogP contribution in [0.15, 0.2) is 30.3 Å². The van der Waals surface area contributed by atoms with Gasteiger partial charge in [-0.05, 0) is 88.6 Å². The van der Waals surface area contributed by atoms with Crippen molar-refractivity contribution < 1.29 is 45.8 Å². The van der Waals surface area contributed by atoms with Crippen LogP contribution in [0, 0.1) is 0 Å². The molecule has 1 aromatic carbocycles. The van der Waals surface area contributed by atoms with E-state index in [1.165, 1.54) is 4.90 Å². The average Bonchev–Trinajstić information content (AvgIpc) is 2.71. The van der Waals surface area contributed by atoms with Crippen molar-refractivity contribution in [3.63, 3.8) is 0 Å². The smallest absolute Gasteiger partial charge is 0.445 e. The Morgan fingerprint density at radius 2 is 0.976 bits per heavy atom. The summed E-state index contributed by atoms with van der Waals surface area (Å²) in [6.07, 6.45) is -0.673. The molecule has 0 atom stereocenters. The molecule has 41 heavy (non-hydrogen) atoms. The number of phosphoric acid groups is 2. The third-order valence-electron chi connectivity index (χ3n) is 4.23. The number of hydrogen-bond donors (Lipinski definition) is 0. The third kappa shape index (κ3) is 18.1. The van der Waals surface area contributed by atoms with Crippen LogP contribution in [0.25, 0.3) is 0 Å². The molecule has 0 aliphatic rings. The van der Waals surface area contributed by atoms with Crippen LogP contribution in [0.3, 0.4) is 0 Å². The Kier molecular flexibility index (Phi) is 13.7. The number of carbonyl (C=O) groups excluding carboxylic acids is 1. The van der Waals surface area contributed by atoms with Gasteiger partial charge in [0.1, 0.15) is 6.61 Å². The summed E-state index contributed by atoms with van der Waals surface area (Å²) in [5.41, 5.74) is -2.46. The Bertz CT molecular complexity index is 941. The normalized spacial score (nSPS) is 13.8. The largest absolute Gasteiger partial charge is 0.475 e. The number of nitrogens with zero attached hydrogens (tertiary/aromatic N) is 1. The molecule has 0 N–H and O–H groups in total. The highest BCUT2D eigenvalue weighted by Crippen LogP contribution is 2.56. The van der Waals surface area contributed by atoms with Gasteiger partial charge in [-0.25, -0.2) is 13.9 Å². The fourth-order valence-corrected chi connectivity index (χ4v) is 6.69. The molecule has 0 aromatic heterocycles. The molecular weight excluding hydrogens is 572 g/mol. The molecule has 0 saturated heterocycles. The summed E-state index contributed by atoms with van der Waals surface area (Å²) in [5, 5.41) is 0. The first-order valence-electron chi connectivity index (χ1n) is 13.7. The van der Waals surface area contributed by atoms with E-state index in [0.29, 0.717) is 0 Å². The lowest BCUT2D eigenvalue weighted by atomic mass is 10.2. The molecule has 11 nitrogen and oxygen atoms in total. The number of carbonyl (C=O) groups is 1. The second-order valence-electron chi connectivity index (χ2n) is 13.4. The van der Waals surface area contributed by atoms with Crippen LogP contribution >= 0.6 is 15.6 Å². The Hall–Kier alpha value is -1.29. The van der Waals surface area contributed by atoms with E-state index >= 15 is 0 Å². The van der Waals surface area contributed by atoms with E-state index in [1.807, 2.05) is 30.3 Å². The first-order valence-corrected chi connectivity index (χ1v) is 16.6. The lowest BCUT2D eigenvalue weighted by molar-refractivity contribution is -0.00296. The van der Waals surface area contributed by atoms with Gasteiger partial charge < -0.3 is 9.64 Å². The number of amides is 1. The van der Waals surface area contributed by atoms with Crippen LogP contribution in [0.5, 0.6) is 0 Å². The first-order chi connectivity index (χ1) is 18.4. The van der Waals surface area contributed by atoms with Crippen LogP contribution in [0.4, 0.5) is 4.79 Å². The molecule has 0 aliphatic heterocycles. The molecule has 0 fully saturated rings. The van der Waals surface area contributed by atoms with Gasteiger partial charge in [-0.1, -0.05) is 30.3 Å². The zero-order chi connectivity index (χ0) is 31.8. The van der Waals surface area contributed by atoms with Gasteiger partial charge in [-0.15, -0.1) is 0 Å². The Morgan fingerprint density at radius 3 is 1.29 bits per heavy atom. The fourth-order valence-electron chi connectivity index (χ4n) is 3.11. The SMILES string of the molecule is CC(C)(C)OP(=O)(OCCN(CCOP(=O)(OC(C)(C)C)OC(C)(C)C)C(=O)OCc1ccccc1)OC(C)(C)C. The van der Waals surface area contributed by atoms with Crippen LogP contribution in [0.1, 0.15) is 88.6 Å². The second kappa shape index (κ2) is 14.9. The topological polar surface area (TPSA) is 119 Å². The van der Waals surface area contributed by atoms with Gasteiger partial charge in [0, 0.05) is 13.1 Å². The monoisotopic (exact) mass is 623 g/mol. The molecule has 238 valence electrons. The molecule has 1 rings (SSSR count). The lowest BCUT2D eigenvalue weighted by Gasteiger charge is -2.32. The summed E-state index contributed by atoms with van der Waals surface area (Å²) in [7, 11) is -8.01. The van der Waals surface area contributed by atoms with Crippen molar-refractivity contribution in [1.29, 1.82) is 0 Å². The number of hydrogen-bond acceptors (Lipinski definition) is 10. The number of benzene rings is 1. The summed E-state index contributed by atoms with van der Waals surface area (Å²) in [6, 6.07) is 9.20. The van der Waals surface area contributed by atoms with Crippen molar-refractivity contribution in [2.24, 2.45) is 0 Å². The molecule has 0 saturated carbocycles. The number of ether oxygens (including phenoxy) is 1. The highest BCUT2D eigenvalue weighted by molar-refractivity contribution is 7.48. The van der Waals surface area contributed by atoms with E-state index in [2.05, 4.69) is 0 Å². The molecule has 0 heterocycles. The van der Waals surface area contributed by atoms with Gasteiger partial charge in [0.2, 0.25) is 0 Å². The lowest BCUT2D eigenvalue weighted by Crippen LogP contribution is -2.37. The summed E-state index contributed by atoms with van der Waals surface area (Å²) in [5.74, 6) is 0. The molecule has 0 spiro atoms. The average molecular weight is 624 g/mol. The summed E-state index contributed by atoms with van der Waals surface area (Å²) in [4.78, 5) is 14.4. The molecule has 0 aliphatic carbocycles. The van der Waals surface area contributed by atoms with Gasteiger partial charge in [0.15, 0.2) is 0 Å². The highest BCUT2D eigenvalue weighted by Gasteiger charge is 2.39. The van der Waals surface area contributed by atoms with E-state index < -0.39 is 44.1 Å². The van der Waals surface area contributed by atoms with E-state index in [-0.39, 0.29) is 32.9 Å². The quantitative estimate of drug-likeness (QED) is 0.188. The third-order valence-corrected chi connectivity index (χ3v) is 8.31. The molecule has 0 radical (unpaired) electrons. The van der Waals surface area contributed by atoms with Crippen molar-refractivity contribution in [2.45, 2.75) is 112 Å². The Morgan fingerprint density at radius 1 is 0.634 bits per heavy atom. The summed E-state index contributed by atoms with van der Waals surface area (Å²) < 4.78 is 66.2. The maximum absolute atomic E-state index is 13.4. The van der Waals surface area contributed by atoms with Crippen molar-refractivity contribution >= 4 is 21.7 Å².